The molecular formula is C27H31N7O. The van der Waals surface area contributed by atoms with E-state index >= 15 is 0 Å². The number of ketones is 1. The number of nitrogens with zero attached hydrogens (tertiary/aromatic N) is 5. The summed E-state index contributed by atoms with van der Waals surface area (Å²) in [6, 6.07) is 16.3. The second-order valence-corrected chi connectivity index (χ2v) is 10.6. The Hall–Kier alpha value is -3.68. The van der Waals surface area contributed by atoms with Crippen molar-refractivity contribution in [3.63, 3.8) is 0 Å². The highest BCUT2D eigenvalue weighted by atomic mass is 16.1. The summed E-state index contributed by atoms with van der Waals surface area (Å²) in [6.45, 7) is 6.81. The van der Waals surface area contributed by atoms with Gasteiger partial charge in [-0.15, -0.1) is 5.10 Å². The second kappa shape index (κ2) is 9.52. The van der Waals surface area contributed by atoms with Crippen LogP contribution in [-0.2, 0) is 6.42 Å². The minimum absolute atomic E-state index is 0.0236. The van der Waals surface area contributed by atoms with Crippen LogP contribution in [0.2, 0.25) is 0 Å². The lowest BCUT2D eigenvalue weighted by atomic mass is 9.68. The van der Waals surface area contributed by atoms with Crippen LogP contribution >= 0.6 is 0 Å². The number of hydrogen-bond acceptors (Lipinski definition) is 6. The zero-order valence-electron chi connectivity index (χ0n) is 20.5. The van der Waals surface area contributed by atoms with Crippen molar-refractivity contribution in [3.05, 3.63) is 65.7 Å². The number of hydrogen-bond donors (Lipinski definition) is 2. The number of benzene rings is 2. The van der Waals surface area contributed by atoms with E-state index < -0.39 is 0 Å². The summed E-state index contributed by atoms with van der Waals surface area (Å²) in [5.41, 5.74) is 4.38. The highest BCUT2D eigenvalue weighted by molar-refractivity contribution is 5.94. The van der Waals surface area contributed by atoms with Crippen molar-refractivity contribution in [2.45, 2.75) is 52.9 Å². The first-order chi connectivity index (χ1) is 16.9. The van der Waals surface area contributed by atoms with Crippen molar-refractivity contribution < 1.29 is 4.79 Å². The molecule has 0 aliphatic heterocycles. The Bertz CT molecular complexity index is 1290. The second-order valence-electron chi connectivity index (χ2n) is 10.6. The molecule has 0 bridgehead atoms. The Labute approximate surface area is 205 Å². The third-order valence-electron chi connectivity index (χ3n) is 7.19. The van der Waals surface area contributed by atoms with Crippen LogP contribution in [0.1, 0.15) is 68.5 Å². The monoisotopic (exact) mass is 469 g/mol. The van der Waals surface area contributed by atoms with Crippen LogP contribution in [0.4, 0.5) is 0 Å². The van der Waals surface area contributed by atoms with Crippen molar-refractivity contribution in [3.8, 4) is 22.5 Å². The van der Waals surface area contributed by atoms with Crippen molar-refractivity contribution >= 4 is 5.78 Å². The molecule has 1 fully saturated rings. The van der Waals surface area contributed by atoms with Crippen LogP contribution in [0, 0.1) is 17.3 Å². The number of carbonyl (C=O) groups excluding carboxylic acids is 1. The zero-order chi connectivity index (χ0) is 24.4. The molecule has 2 heterocycles. The van der Waals surface area contributed by atoms with E-state index in [1.807, 2.05) is 18.2 Å². The average molecular weight is 470 g/mol. The van der Waals surface area contributed by atoms with Gasteiger partial charge in [-0.05, 0) is 57.7 Å². The molecule has 1 aliphatic rings. The smallest absolute Gasteiger partial charge is 0.217 e. The maximum absolute atomic E-state index is 13.1. The Morgan fingerprint density at radius 1 is 1.00 bits per heavy atom. The first kappa shape index (κ1) is 23.1. The minimum Gasteiger partial charge on any atom is -0.290 e. The Balaban J connectivity index is 1.27. The minimum atomic E-state index is 0.0236. The predicted molar refractivity (Wildman–Crippen MR) is 133 cm³/mol. The normalized spacial score (nSPS) is 18.5. The van der Waals surface area contributed by atoms with Gasteiger partial charge in [0.15, 0.2) is 5.82 Å². The maximum Gasteiger partial charge on any atom is 0.217 e. The standard InChI is InChI=1S/C27H31N7O/c1-27(2,3)20-8-6-7-19(16-20)24(35)26-28-23(29-30-26)15-17-11-13-18(14-12-17)21-9-4-5-10-22(21)25-31-33-34-32-25/h4-5,9-14,19-20H,6-8,15-16H2,1-3H3,(H,28,29,30)(H,31,32,33,34). The third-order valence-corrected chi connectivity index (χ3v) is 7.19. The summed E-state index contributed by atoms with van der Waals surface area (Å²) < 4.78 is 0. The highest BCUT2D eigenvalue weighted by Gasteiger charge is 2.35. The van der Waals surface area contributed by atoms with Gasteiger partial charge in [0, 0.05) is 17.9 Å². The van der Waals surface area contributed by atoms with Gasteiger partial charge in [0.2, 0.25) is 11.6 Å². The van der Waals surface area contributed by atoms with Crippen molar-refractivity contribution in [1.29, 1.82) is 0 Å². The molecule has 0 saturated heterocycles. The van der Waals surface area contributed by atoms with E-state index in [1.54, 1.807) is 0 Å². The van der Waals surface area contributed by atoms with Crippen LogP contribution in [0.3, 0.4) is 0 Å². The number of aromatic amines is 2. The molecule has 2 N–H and O–H groups in total. The fraction of sp³-hybridized carbons (Fsp3) is 0.407. The van der Waals surface area contributed by atoms with Crippen LogP contribution in [0.15, 0.2) is 48.5 Å². The van der Waals surface area contributed by atoms with E-state index in [0.717, 1.165) is 41.5 Å². The summed E-state index contributed by atoms with van der Waals surface area (Å²) in [7, 11) is 0. The van der Waals surface area contributed by atoms with Crippen molar-refractivity contribution in [2.24, 2.45) is 17.3 Å². The number of tetrazole rings is 1. The highest BCUT2D eigenvalue weighted by Crippen LogP contribution is 2.41. The van der Waals surface area contributed by atoms with E-state index in [9.17, 15) is 4.79 Å². The molecule has 180 valence electrons. The third kappa shape index (κ3) is 5.06. The molecule has 2 aromatic heterocycles. The zero-order valence-corrected chi connectivity index (χ0v) is 20.5. The van der Waals surface area contributed by atoms with Crippen LogP contribution < -0.4 is 0 Å². The SMILES string of the molecule is CC(C)(C)C1CCCC(C(=O)c2n[nH]c(Cc3ccc(-c4ccccc4-c4nnn[nH]4)cc3)n2)C1. The summed E-state index contributed by atoms with van der Waals surface area (Å²) in [4.78, 5) is 17.7. The molecule has 1 aliphatic carbocycles. The molecule has 0 radical (unpaired) electrons. The fourth-order valence-electron chi connectivity index (χ4n) is 5.09. The molecule has 4 aromatic rings. The van der Waals surface area contributed by atoms with Crippen molar-refractivity contribution in [1.82, 2.24) is 35.8 Å². The number of Topliss-reactive ketones (excluding diaryl/α,β-unsaturated/α-hetero) is 1. The first-order valence-electron chi connectivity index (χ1n) is 12.3. The lowest BCUT2D eigenvalue weighted by molar-refractivity contribution is 0.0781. The van der Waals surface area contributed by atoms with E-state index in [0.29, 0.717) is 29.8 Å². The molecule has 2 unspecified atom stereocenters. The molecule has 8 nitrogen and oxygen atoms in total. The van der Waals surface area contributed by atoms with E-state index in [4.69, 9.17) is 0 Å². The van der Waals surface area contributed by atoms with Gasteiger partial charge in [0.1, 0.15) is 5.82 Å². The topological polar surface area (TPSA) is 113 Å². The molecule has 5 rings (SSSR count). The molecule has 35 heavy (non-hydrogen) atoms. The van der Waals surface area contributed by atoms with Gasteiger partial charge in [-0.1, -0.05) is 75.7 Å². The maximum atomic E-state index is 13.1. The number of aromatic nitrogens is 7. The number of H-pyrrole nitrogens is 2. The van der Waals surface area contributed by atoms with Crippen LogP contribution in [0.25, 0.3) is 22.5 Å². The first-order valence-corrected chi connectivity index (χ1v) is 12.3. The van der Waals surface area contributed by atoms with Crippen molar-refractivity contribution in [2.75, 3.05) is 0 Å². The Morgan fingerprint density at radius 3 is 2.49 bits per heavy atom. The van der Waals surface area contributed by atoms with E-state index in [-0.39, 0.29) is 17.1 Å². The summed E-state index contributed by atoms with van der Waals surface area (Å²) in [5.74, 6) is 2.33. The lowest BCUT2D eigenvalue weighted by Crippen LogP contribution is -2.30. The largest absolute Gasteiger partial charge is 0.290 e. The Kier molecular flexibility index (Phi) is 6.28. The van der Waals surface area contributed by atoms with Gasteiger partial charge >= 0.3 is 0 Å². The van der Waals surface area contributed by atoms with Crippen LogP contribution in [0.5, 0.6) is 0 Å². The molecule has 0 amide bonds. The van der Waals surface area contributed by atoms with Gasteiger partial charge < -0.3 is 0 Å². The lowest BCUT2D eigenvalue weighted by Gasteiger charge is -2.36. The van der Waals surface area contributed by atoms with E-state index in [1.165, 1.54) is 6.42 Å². The number of carbonyl (C=O) groups is 1. The molecule has 8 heteroatoms. The number of rotatable bonds is 6. The van der Waals surface area contributed by atoms with Gasteiger partial charge in [0.05, 0.1) is 0 Å². The van der Waals surface area contributed by atoms with Crippen LogP contribution in [-0.4, -0.2) is 41.6 Å². The average Bonchev–Trinajstić information content (AvgIpc) is 3.56. The molecular weight excluding hydrogens is 438 g/mol. The van der Waals surface area contributed by atoms with Gasteiger partial charge in [-0.2, -0.15) is 5.10 Å². The molecule has 2 atom stereocenters. The molecule has 2 aromatic carbocycles. The van der Waals surface area contributed by atoms with Gasteiger partial charge in [0.25, 0.3) is 0 Å². The summed E-state index contributed by atoms with van der Waals surface area (Å²) in [5, 5.41) is 21.5. The predicted octanol–water partition coefficient (Wildman–Crippen LogP) is 5.28. The quantitative estimate of drug-likeness (QED) is 0.372. The molecule has 0 spiro atoms. The summed E-state index contributed by atoms with van der Waals surface area (Å²) >= 11 is 0. The van der Waals surface area contributed by atoms with E-state index in [2.05, 4.69) is 86.9 Å². The number of nitrogens with one attached hydrogen (secondary N) is 2. The fourth-order valence-corrected chi connectivity index (χ4v) is 5.09. The molecule has 1 saturated carbocycles. The van der Waals surface area contributed by atoms with Gasteiger partial charge in [-0.3, -0.25) is 9.89 Å². The van der Waals surface area contributed by atoms with Gasteiger partial charge in [-0.25, -0.2) is 10.1 Å². The Morgan fingerprint density at radius 2 is 1.77 bits per heavy atom. The summed E-state index contributed by atoms with van der Waals surface area (Å²) in [6.07, 6.45) is 4.74.